The summed E-state index contributed by atoms with van der Waals surface area (Å²) >= 11 is 3.51. The second kappa shape index (κ2) is 7.11. The predicted octanol–water partition coefficient (Wildman–Crippen LogP) is 3.76. The van der Waals surface area contributed by atoms with E-state index in [1.807, 2.05) is 43.3 Å². The van der Waals surface area contributed by atoms with E-state index in [4.69, 9.17) is 4.74 Å². The number of ether oxygens (including phenoxy) is 1. The predicted molar refractivity (Wildman–Crippen MR) is 101 cm³/mol. The Kier molecular flexibility index (Phi) is 4.90. The van der Waals surface area contributed by atoms with Crippen LogP contribution in [0.3, 0.4) is 0 Å². The van der Waals surface area contributed by atoms with Crippen molar-refractivity contribution in [2.24, 2.45) is 0 Å². The van der Waals surface area contributed by atoms with Crippen LogP contribution >= 0.6 is 15.9 Å². The van der Waals surface area contributed by atoms with E-state index in [2.05, 4.69) is 27.8 Å². The molecule has 0 aliphatic rings. The minimum absolute atomic E-state index is 0.359. The molecule has 2 aromatic carbocycles. The molecule has 0 radical (unpaired) electrons. The third kappa shape index (κ3) is 4.09. The highest BCUT2D eigenvalue weighted by Crippen LogP contribution is 2.31. The van der Waals surface area contributed by atoms with Crippen LogP contribution in [0.4, 0.5) is 0 Å². The van der Waals surface area contributed by atoms with E-state index in [1.54, 1.807) is 0 Å². The zero-order valence-corrected chi connectivity index (χ0v) is 15.5. The molecule has 0 amide bonds. The molecule has 0 unspecified atom stereocenters. The van der Waals surface area contributed by atoms with E-state index in [0.717, 1.165) is 15.8 Å². The standard InChI is InChI=1S/C19H17BrN2O3/c1-12-3-5-15(9-13(12)2)25-17-6-4-14(10-16(17)20)11-22-8-7-18(23)21-19(22)24/h3-10H,11H2,1-2H3,(H,21,23,24). The summed E-state index contributed by atoms with van der Waals surface area (Å²) in [5.74, 6) is 1.47. The molecular formula is C19H17BrN2O3. The average Bonchev–Trinajstić information content (AvgIpc) is 2.56. The number of H-pyrrole nitrogens is 1. The Labute approximate surface area is 153 Å². The Bertz CT molecular complexity index is 1040. The molecule has 1 N–H and O–H groups in total. The van der Waals surface area contributed by atoms with Crippen LogP contribution in [0.15, 0.2) is 62.7 Å². The Morgan fingerprint density at radius 3 is 2.52 bits per heavy atom. The lowest BCUT2D eigenvalue weighted by atomic mass is 10.1. The summed E-state index contributed by atoms with van der Waals surface area (Å²) in [5, 5.41) is 0. The van der Waals surface area contributed by atoms with Crippen LogP contribution in [0, 0.1) is 13.8 Å². The highest BCUT2D eigenvalue weighted by atomic mass is 79.9. The van der Waals surface area contributed by atoms with Crippen LogP contribution in [0.5, 0.6) is 11.5 Å². The van der Waals surface area contributed by atoms with Crippen molar-refractivity contribution in [3.05, 3.63) is 90.7 Å². The Morgan fingerprint density at radius 2 is 1.84 bits per heavy atom. The van der Waals surface area contributed by atoms with E-state index in [0.29, 0.717) is 12.3 Å². The first-order valence-corrected chi connectivity index (χ1v) is 8.55. The van der Waals surface area contributed by atoms with Crippen molar-refractivity contribution in [2.75, 3.05) is 0 Å². The maximum atomic E-state index is 11.8. The van der Waals surface area contributed by atoms with Crippen LogP contribution in [0.25, 0.3) is 0 Å². The van der Waals surface area contributed by atoms with Gasteiger partial charge in [-0.15, -0.1) is 0 Å². The van der Waals surface area contributed by atoms with Crippen LogP contribution in [0.2, 0.25) is 0 Å². The van der Waals surface area contributed by atoms with Gasteiger partial charge in [0.1, 0.15) is 11.5 Å². The molecule has 25 heavy (non-hydrogen) atoms. The van der Waals surface area contributed by atoms with E-state index < -0.39 is 11.2 Å². The summed E-state index contributed by atoms with van der Waals surface area (Å²) in [6.45, 7) is 4.46. The van der Waals surface area contributed by atoms with E-state index in [9.17, 15) is 9.59 Å². The molecular weight excluding hydrogens is 384 g/mol. The molecule has 0 saturated carbocycles. The fraction of sp³-hybridized carbons (Fsp3) is 0.158. The van der Waals surface area contributed by atoms with Gasteiger partial charge >= 0.3 is 5.69 Å². The van der Waals surface area contributed by atoms with Crippen LogP contribution < -0.4 is 16.0 Å². The van der Waals surface area contributed by atoms with Crippen molar-refractivity contribution >= 4 is 15.9 Å². The topological polar surface area (TPSA) is 64.1 Å². The molecule has 0 aliphatic carbocycles. The molecule has 6 heteroatoms. The number of nitrogens with zero attached hydrogens (tertiary/aromatic N) is 1. The van der Waals surface area contributed by atoms with Gasteiger partial charge in [-0.25, -0.2) is 4.79 Å². The van der Waals surface area contributed by atoms with Crippen LogP contribution in [-0.4, -0.2) is 9.55 Å². The van der Waals surface area contributed by atoms with Gasteiger partial charge < -0.3 is 4.74 Å². The highest BCUT2D eigenvalue weighted by Gasteiger charge is 2.07. The third-order valence-electron chi connectivity index (χ3n) is 3.95. The third-order valence-corrected chi connectivity index (χ3v) is 4.57. The number of rotatable bonds is 4. The Balaban J connectivity index is 1.81. The first-order valence-electron chi connectivity index (χ1n) is 7.76. The molecule has 0 spiro atoms. The zero-order valence-electron chi connectivity index (χ0n) is 13.9. The smallest absolute Gasteiger partial charge is 0.328 e. The number of halogens is 1. The maximum Gasteiger partial charge on any atom is 0.328 e. The summed E-state index contributed by atoms with van der Waals surface area (Å²) < 4.78 is 8.16. The molecule has 5 nitrogen and oxygen atoms in total. The first kappa shape index (κ1) is 17.2. The van der Waals surface area contributed by atoms with Gasteiger partial charge in [0.25, 0.3) is 5.56 Å². The average molecular weight is 401 g/mol. The lowest BCUT2D eigenvalue weighted by Crippen LogP contribution is -2.28. The summed E-state index contributed by atoms with van der Waals surface area (Å²) in [7, 11) is 0. The van der Waals surface area contributed by atoms with Crippen LogP contribution in [0.1, 0.15) is 16.7 Å². The normalized spacial score (nSPS) is 10.7. The fourth-order valence-corrected chi connectivity index (χ4v) is 2.90. The van der Waals surface area contributed by atoms with Gasteiger partial charge in [0.05, 0.1) is 11.0 Å². The molecule has 3 rings (SSSR count). The molecule has 128 valence electrons. The molecule has 0 aliphatic heterocycles. The minimum Gasteiger partial charge on any atom is -0.456 e. The molecule has 1 heterocycles. The minimum atomic E-state index is -0.431. The monoisotopic (exact) mass is 400 g/mol. The summed E-state index contributed by atoms with van der Waals surface area (Å²) in [5.41, 5.74) is 2.46. The van der Waals surface area contributed by atoms with Crippen molar-refractivity contribution < 1.29 is 4.74 Å². The lowest BCUT2D eigenvalue weighted by molar-refractivity contribution is 0.478. The molecule has 0 atom stereocenters. The van der Waals surface area contributed by atoms with Gasteiger partial charge in [-0.2, -0.15) is 0 Å². The Morgan fingerprint density at radius 1 is 1.04 bits per heavy atom. The number of benzene rings is 2. The summed E-state index contributed by atoms with van der Waals surface area (Å²) in [6.07, 6.45) is 1.48. The molecule has 1 aromatic heterocycles. The first-order chi connectivity index (χ1) is 11.9. The number of hydrogen-bond donors (Lipinski definition) is 1. The van der Waals surface area contributed by atoms with E-state index in [-0.39, 0.29) is 0 Å². The summed E-state index contributed by atoms with van der Waals surface area (Å²) in [4.78, 5) is 25.1. The number of nitrogens with one attached hydrogen (secondary N) is 1. The largest absolute Gasteiger partial charge is 0.456 e. The SMILES string of the molecule is Cc1ccc(Oc2ccc(Cn3ccc(=O)[nH]c3=O)cc2Br)cc1C. The van der Waals surface area contributed by atoms with Gasteiger partial charge in [0.15, 0.2) is 0 Å². The Hall–Kier alpha value is -2.60. The molecule has 0 saturated heterocycles. The fourth-order valence-electron chi connectivity index (χ4n) is 2.40. The van der Waals surface area contributed by atoms with Gasteiger partial charge in [0.2, 0.25) is 0 Å². The van der Waals surface area contributed by atoms with Gasteiger partial charge in [0, 0.05) is 12.3 Å². The van der Waals surface area contributed by atoms with Crippen LogP contribution in [-0.2, 0) is 6.54 Å². The van der Waals surface area contributed by atoms with Gasteiger partial charge in [-0.1, -0.05) is 12.1 Å². The molecule has 0 fully saturated rings. The van der Waals surface area contributed by atoms with Crippen molar-refractivity contribution in [3.8, 4) is 11.5 Å². The number of hydrogen-bond acceptors (Lipinski definition) is 3. The second-order valence-electron chi connectivity index (χ2n) is 5.85. The van der Waals surface area contributed by atoms with Gasteiger partial charge in [-0.05, 0) is 70.7 Å². The second-order valence-corrected chi connectivity index (χ2v) is 6.71. The number of aromatic nitrogens is 2. The highest BCUT2D eigenvalue weighted by molar-refractivity contribution is 9.10. The van der Waals surface area contributed by atoms with E-state index >= 15 is 0 Å². The number of aromatic amines is 1. The van der Waals surface area contributed by atoms with Gasteiger partial charge in [-0.3, -0.25) is 14.3 Å². The van der Waals surface area contributed by atoms with Crippen molar-refractivity contribution in [3.63, 3.8) is 0 Å². The maximum absolute atomic E-state index is 11.8. The zero-order chi connectivity index (χ0) is 18.0. The van der Waals surface area contributed by atoms with Crippen molar-refractivity contribution in [1.29, 1.82) is 0 Å². The van der Waals surface area contributed by atoms with Crippen molar-refractivity contribution in [2.45, 2.75) is 20.4 Å². The molecule has 3 aromatic rings. The summed E-state index contributed by atoms with van der Waals surface area (Å²) in [6, 6.07) is 12.9. The molecule has 0 bridgehead atoms. The van der Waals surface area contributed by atoms with E-state index in [1.165, 1.54) is 28.0 Å². The number of aryl methyl sites for hydroxylation is 2. The quantitative estimate of drug-likeness (QED) is 0.724. The van der Waals surface area contributed by atoms with Crippen molar-refractivity contribution in [1.82, 2.24) is 9.55 Å². The lowest BCUT2D eigenvalue weighted by Gasteiger charge is -2.11.